The van der Waals surface area contributed by atoms with Crippen molar-refractivity contribution in [3.63, 3.8) is 0 Å². The van der Waals surface area contributed by atoms with E-state index in [1.807, 2.05) is 0 Å². The van der Waals surface area contributed by atoms with Crippen LogP contribution in [0.3, 0.4) is 0 Å². The fourth-order valence-electron chi connectivity index (χ4n) is 2.34. The number of aromatic hydroxyl groups is 1. The summed E-state index contributed by atoms with van der Waals surface area (Å²) < 4.78 is 10.2. The Morgan fingerprint density at radius 1 is 1.13 bits per heavy atom. The summed E-state index contributed by atoms with van der Waals surface area (Å²) in [7, 11) is 2.85. The summed E-state index contributed by atoms with van der Waals surface area (Å²) in [5, 5.41) is 20.0. The van der Waals surface area contributed by atoms with E-state index in [4.69, 9.17) is 21.1 Å². The minimum Gasteiger partial charge on any atom is -0.502 e. The number of carboxylic acid groups (broad SMARTS) is 1. The molecule has 0 saturated carbocycles. The molecule has 0 fully saturated rings. The molecule has 0 saturated heterocycles. The average molecular weight is 337 g/mol. The molecule has 2 rings (SSSR count). The number of halogens is 1. The highest BCUT2D eigenvalue weighted by atomic mass is 35.5. The average Bonchev–Trinajstić information content (AvgIpc) is 2.54. The maximum atomic E-state index is 11.6. The zero-order valence-corrected chi connectivity index (χ0v) is 13.5. The maximum Gasteiger partial charge on any atom is 0.311 e. The fourth-order valence-corrected chi connectivity index (χ4v) is 2.47. The lowest BCUT2D eigenvalue weighted by atomic mass is 9.92. The highest BCUT2D eigenvalue weighted by Gasteiger charge is 2.22. The number of phenolic OH excluding ortho intramolecular Hbond substituents is 1. The van der Waals surface area contributed by atoms with Crippen LogP contribution in [-0.2, 0) is 11.2 Å². The van der Waals surface area contributed by atoms with Gasteiger partial charge in [0.25, 0.3) is 0 Å². The first-order valence-corrected chi connectivity index (χ1v) is 7.26. The number of hydrogen-bond acceptors (Lipinski definition) is 4. The Bertz CT molecular complexity index is 672. The van der Waals surface area contributed by atoms with Gasteiger partial charge in [-0.1, -0.05) is 23.7 Å². The van der Waals surface area contributed by atoms with Gasteiger partial charge in [0, 0.05) is 5.02 Å². The zero-order chi connectivity index (χ0) is 17.0. The topological polar surface area (TPSA) is 76.0 Å². The quantitative estimate of drug-likeness (QED) is 0.844. The molecule has 1 unspecified atom stereocenters. The first-order valence-electron chi connectivity index (χ1n) is 6.88. The van der Waals surface area contributed by atoms with E-state index in [1.165, 1.54) is 14.2 Å². The van der Waals surface area contributed by atoms with E-state index in [9.17, 15) is 15.0 Å². The highest BCUT2D eigenvalue weighted by molar-refractivity contribution is 6.30. The number of benzene rings is 2. The standard InChI is InChI=1S/C17H17ClO5/c1-22-14-8-10(9-15(23-2)16(14)19)7-13(17(20)21)11-3-5-12(18)6-4-11/h3-6,8-9,13,19H,7H2,1-2H3,(H,20,21). The molecule has 0 aromatic heterocycles. The molecule has 0 aliphatic heterocycles. The summed E-state index contributed by atoms with van der Waals surface area (Å²) in [5.74, 6) is -1.33. The van der Waals surface area contributed by atoms with Crippen molar-refractivity contribution in [3.8, 4) is 17.2 Å². The van der Waals surface area contributed by atoms with Gasteiger partial charge in [0.2, 0.25) is 5.75 Å². The van der Waals surface area contributed by atoms with Crippen molar-refractivity contribution >= 4 is 17.6 Å². The van der Waals surface area contributed by atoms with Crippen molar-refractivity contribution < 1.29 is 24.5 Å². The molecule has 2 aromatic rings. The van der Waals surface area contributed by atoms with Gasteiger partial charge in [-0.25, -0.2) is 0 Å². The predicted octanol–water partition coefficient (Wildman–Crippen LogP) is 3.47. The van der Waals surface area contributed by atoms with E-state index in [0.717, 1.165) is 0 Å². The van der Waals surface area contributed by atoms with Crippen LogP contribution < -0.4 is 9.47 Å². The minimum atomic E-state index is -0.946. The number of hydrogen-bond donors (Lipinski definition) is 2. The molecule has 2 N–H and O–H groups in total. The van der Waals surface area contributed by atoms with Gasteiger partial charge < -0.3 is 19.7 Å². The number of rotatable bonds is 6. The van der Waals surface area contributed by atoms with Gasteiger partial charge in [0.15, 0.2) is 11.5 Å². The number of methoxy groups -OCH3 is 2. The number of ether oxygens (including phenoxy) is 2. The molecule has 0 heterocycles. The molecule has 122 valence electrons. The van der Waals surface area contributed by atoms with Gasteiger partial charge in [0.1, 0.15) is 0 Å². The van der Waals surface area contributed by atoms with Gasteiger partial charge in [-0.3, -0.25) is 4.79 Å². The summed E-state index contributed by atoms with van der Waals surface area (Å²) in [5.41, 5.74) is 1.33. The summed E-state index contributed by atoms with van der Waals surface area (Å²) >= 11 is 5.84. The Morgan fingerprint density at radius 3 is 2.09 bits per heavy atom. The number of carboxylic acids is 1. The molecule has 23 heavy (non-hydrogen) atoms. The van der Waals surface area contributed by atoms with Crippen LogP contribution in [0, 0.1) is 0 Å². The van der Waals surface area contributed by atoms with Crippen LogP contribution in [0.25, 0.3) is 0 Å². The summed E-state index contributed by atoms with van der Waals surface area (Å²) in [4.78, 5) is 11.6. The SMILES string of the molecule is COc1cc(CC(C(=O)O)c2ccc(Cl)cc2)cc(OC)c1O. The smallest absolute Gasteiger partial charge is 0.311 e. The number of aliphatic carboxylic acids is 1. The minimum absolute atomic E-state index is 0.114. The number of carbonyl (C=O) groups is 1. The summed E-state index contributed by atoms with van der Waals surface area (Å²) in [6.07, 6.45) is 0.226. The van der Waals surface area contributed by atoms with Gasteiger partial charge in [-0.2, -0.15) is 0 Å². The van der Waals surface area contributed by atoms with Crippen LogP contribution in [-0.4, -0.2) is 30.4 Å². The normalized spacial score (nSPS) is 11.8. The van der Waals surface area contributed by atoms with Crippen LogP contribution in [0.2, 0.25) is 5.02 Å². The molecule has 0 aliphatic carbocycles. The van der Waals surface area contributed by atoms with Gasteiger partial charge in [-0.05, 0) is 41.8 Å². The molecule has 6 heteroatoms. The second-order valence-electron chi connectivity index (χ2n) is 5.00. The van der Waals surface area contributed by atoms with Crippen molar-refractivity contribution in [2.75, 3.05) is 14.2 Å². The highest BCUT2D eigenvalue weighted by Crippen LogP contribution is 2.38. The molecule has 0 amide bonds. The molecule has 0 bridgehead atoms. The van der Waals surface area contributed by atoms with E-state index in [-0.39, 0.29) is 23.7 Å². The largest absolute Gasteiger partial charge is 0.502 e. The molecular formula is C17H17ClO5. The molecule has 0 spiro atoms. The summed E-state index contributed by atoms with van der Waals surface area (Å²) in [6.45, 7) is 0. The Labute approximate surface area is 139 Å². The molecule has 5 nitrogen and oxygen atoms in total. The van der Waals surface area contributed by atoms with Gasteiger partial charge >= 0.3 is 5.97 Å². The Hall–Kier alpha value is -2.40. The third-order valence-electron chi connectivity index (χ3n) is 3.55. The van der Waals surface area contributed by atoms with Gasteiger partial charge in [0.05, 0.1) is 20.1 Å². The van der Waals surface area contributed by atoms with E-state index in [0.29, 0.717) is 16.1 Å². The van der Waals surface area contributed by atoms with Crippen molar-refractivity contribution in [3.05, 3.63) is 52.5 Å². The predicted molar refractivity (Wildman–Crippen MR) is 86.7 cm³/mol. The molecule has 0 aliphatic rings. The Kier molecular flexibility index (Phi) is 5.34. The molecular weight excluding hydrogens is 320 g/mol. The van der Waals surface area contributed by atoms with E-state index in [2.05, 4.69) is 0 Å². The third-order valence-corrected chi connectivity index (χ3v) is 3.80. The van der Waals surface area contributed by atoms with Crippen molar-refractivity contribution in [1.82, 2.24) is 0 Å². The van der Waals surface area contributed by atoms with Crippen LogP contribution in [0.4, 0.5) is 0 Å². The second kappa shape index (κ2) is 7.24. The lowest BCUT2D eigenvalue weighted by Crippen LogP contribution is -2.14. The molecule has 0 radical (unpaired) electrons. The molecule has 2 aromatic carbocycles. The third kappa shape index (κ3) is 3.87. The number of phenols is 1. The second-order valence-corrected chi connectivity index (χ2v) is 5.43. The van der Waals surface area contributed by atoms with E-state index >= 15 is 0 Å². The van der Waals surface area contributed by atoms with Crippen LogP contribution in [0.5, 0.6) is 17.2 Å². The van der Waals surface area contributed by atoms with Crippen molar-refractivity contribution in [1.29, 1.82) is 0 Å². The zero-order valence-electron chi connectivity index (χ0n) is 12.7. The fraction of sp³-hybridized carbons (Fsp3) is 0.235. The van der Waals surface area contributed by atoms with Crippen LogP contribution >= 0.6 is 11.6 Å². The Balaban J connectivity index is 2.37. The lowest BCUT2D eigenvalue weighted by molar-refractivity contribution is -0.138. The van der Waals surface area contributed by atoms with E-state index < -0.39 is 11.9 Å². The monoisotopic (exact) mass is 336 g/mol. The van der Waals surface area contributed by atoms with Gasteiger partial charge in [-0.15, -0.1) is 0 Å². The van der Waals surface area contributed by atoms with Crippen LogP contribution in [0.1, 0.15) is 17.0 Å². The first kappa shape index (κ1) is 17.0. The van der Waals surface area contributed by atoms with Crippen LogP contribution in [0.15, 0.2) is 36.4 Å². The van der Waals surface area contributed by atoms with E-state index in [1.54, 1.807) is 36.4 Å². The Morgan fingerprint density at radius 2 is 1.65 bits per heavy atom. The summed E-state index contributed by atoms with van der Waals surface area (Å²) in [6, 6.07) is 9.90. The lowest BCUT2D eigenvalue weighted by Gasteiger charge is -2.15. The van der Waals surface area contributed by atoms with Crippen molar-refractivity contribution in [2.45, 2.75) is 12.3 Å². The molecule has 1 atom stereocenters. The van der Waals surface area contributed by atoms with Crippen molar-refractivity contribution in [2.24, 2.45) is 0 Å². The first-order chi connectivity index (χ1) is 11.0. The maximum absolute atomic E-state index is 11.6.